The summed E-state index contributed by atoms with van der Waals surface area (Å²) in [6.45, 7) is 0. The average molecular weight is 893 g/mol. The fourth-order valence-electron chi connectivity index (χ4n) is 9.89. The molecule has 0 heterocycles. The van der Waals surface area contributed by atoms with Gasteiger partial charge in [-0.15, -0.1) is 0 Å². The van der Waals surface area contributed by atoms with Crippen molar-refractivity contribution in [2.75, 3.05) is 9.80 Å². The molecule has 330 valence electrons. The largest absolute Gasteiger partial charge is 0.310 e. The maximum atomic E-state index is 2.39. The van der Waals surface area contributed by atoms with Gasteiger partial charge in [0.05, 0.1) is 11.4 Å². The molecule has 0 saturated heterocycles. The van der Waals surface area contributed by atoms with Crippen molar-refractivity contribution in [1.29, 1.82) is 0 Å². The van der Waals surface area contributed by atoms with Crippen LogP contribution in [0.4, 0.5) is 34.1 Å². The minimum Gasteiger partial charge on any atom is -0.310 e. The van der Waals surface area contributed by atoms with Crippen molar-refractivity contribution in [3.05, 3.63) is 291 Å². The van der Waals surface area contributed by atoms with Gasteiger partial charge in [0, 0.05) is 33.5 Å². The molecule has 0 aliphatic carbocycles. The van der Waals surface area contributed by atoms with E-state index in [9.17, 15) is 0 Å². The lowest BCUT2D eigenvalue weighted by Gasteiger charge is -2.28. The summed E-state index contributed by atoms with van der Waals surface area (Å²) < 4.78 is 0. The summed E-state index contributed by atoms with van der Waals surface area (Å²) in [7, 11) is 0. The minimum absolute atomic E-state index is 1.09. The van der Waals surface area contributed by atoms with E-state index in [1.54, 1.807) is 0 Å². The molecule has 2 heteroatoms. The van der Waals surface area contributed by atoms with Crippen molar-refractivity contribution in [3.8, 4) is 55.6 Å². The van der Waals surface area contributed by atoms with Crippen LogP contribution in [0.25, 0.3) is 77.2 Å². The minimum atomic E-state index is 1.09. The molecule has 12 aromatic rings. The lowest BCUT2D eigenvalue weighted by atomic mass is 9.99. The Labute approximate surface area is 410 Å². The van der Waals surface area contributed by atoms with Crippen molar-refractivity contribution >= 4 is 55.7 Å². The summed E-state index contributed by atoms with van der Waals surface area (Å²) in [6, 6.07) is 105. The Morgan fingerprint density at radius 2 is 0.443 bits per heavy atom. The van der Waals surface area contributed by atoms with Gasteiger partial charge in [0.25, 0.3) is 0 Å². The zero-order valence-corrected chi connectivity index (χ0v) is 38.6. The second-order valence-corrected chi connectivity index (χ2v) is 17.7. The zero-order valence-electron chi connectivity index (χ0n) is 38.6. The van der Waals surface area contributed by atoms with Gasteiger partial charge in [0.2, 0.25) is 0 Å². The van der Waals surface area contributed by atoms with E-state index in [1.807, 2.05) is 0 Å². The van der Waals surface area contributed by atoms with E-state index in [0.29, 0.717) is 0 Å². The Morgan fingerprint density at radius 3 is 0.829 bits per heavy atom. The fourth-order valence-corrected chi connectivity index (χ4v) is 9.89. The molecule has 0 N–H and O–H groups in total. The predicted molar refractivity (Wildman–Crippen MR) is 298 cm³/mol. The van der Waals surface area contributed by atoms with Crippen LogP contribution < -0.4 is 9.80 Å². The standard InChI is InChI=1S/C68H48N2/c1-3-15-49(16-4-1)51-31-35-55(36-32-51)59-23-11-25-63(47-59)69(67-29-13-21-57-19-7-9-27-65(57)67)61-43-39-53(40-44-61)54-41-45-62(46-42-54)70(68-30-14-22-58-20-8-10-28-66(58)68)64-26-12-24-60(48-64)56-37-33-52(34-38-56)50-17-5-2-6-18-50/h1-48H. The molecule has 0 aromatic heterocycles. The van der Waals surface area contributed by atoms with Gasteiger partial charge < -0.3 is 9.80 Å². The second kappa shape index (κ2) is 18.8. The Kier molecular flexibility index (Phi) is 11.3. The number of benzene rings is 12. The van der Waals surface area contributed by atoms with Crippen LogP contribution in [0, 0.1) is 0 Å². The molecule has 70 heavy (non-hydrogen) atoms. The highest BCUT2D eigenvalue weighted by atomic mass is 15.1. The third-order valence-corrected chi connectivity index (χ3v) is 13.5. The summed E-state index contributed by atoms with van der Waals surface area (Å²) in [5, 5.41) is 4.81. The number of fused-ring (bicyclic) bond motifs is 2. The lowest BCUT2D eigenvalue weighted by molar-refractivity contribution is 1.29. The van der Waals surface area contributed by atoms with Crippen LogP contribution in [0.3, 0.4) is 0 Å². The zero-order chi connectivity index (χ0) is 46.6. The number of hydrogen-bond acceptors (Lipinski definition) is 2. The Hall–Kier alpha value is -9.24. The van der Waals surface area contributed by atoms with Crippen molar-refractivity contribution < 1.29 is 0 Å². The lowest BCUT2D eigenvalue weighted by Crippen LogP contribution is -2.11. The summed E-state index contributed by atoms with van der Waals surface area (Å²) in [6.07, 6.45) is 0. The second-order valence-electron chi connectivity index (χ2n) is 17.7. The molecule has 0 amide bonds. The normalized spacial score (nSPS) is 11.1. The molecule has 0 atom stereocenters. The topological polar surface area (TPSA) is 6.48 Å². The van der Waals surface area contributed by atoms with E-state index in [-0.39, 0.29) is 0 Å². The molecule has 12 aromatic carbocycles. The summed E-state index contributed by atoms with van der Waals surface area (Å²) in [5.74, 6) is 0. The van der Waals surface area contributed by atoms with Crippen LogP contribution in [0.1, 0.15) is 0 Å². The first kappa shape index (κ1) is 42.1. The summed E-state index contributed by atoms with van der Waals surface area (Å²) in [5.41, 5.74) is 18.5. The predicted octanol–water partition coefficient (Wildman–Crippen LogP) is 19.3. The molecule has 0 saturated carbocycles. The molecule has 0 radical (unpaired) electrons. The molecule has 12 rings (SSSR count). The Balaban J connectivity index is 0.885. The van der Waals surface area contributed by atoms with Gasteiger partial charge in [0.15, 0.2) is 0 Å². The highest BCUT2D eigenvalue weighted by molar-refractivity contribution is 6.01. The molecule has 0 unspecified atom stereocenters. The van der Waals surface area contributed by atoms with Crippen LogP contribution in [-0.2, 0) is 0 Å². The third-order valence-electron chi connectivity index (χ3n) is 13.5. The van der Waals surface area contributed by atoms with Gasteiger partial charge in [-0.1, -0.05) is 231 Å². The van der Waals surface area contributed by atoms with Gasteiger partial charge in [-0.3, -0.25) is 0 Å². The highest BCUT2D eigenvalue weighted by Crippen LogP contribution is 2.43. The average Bonchev–Trinajstić information content (AvgIpc) is 3.44. The van der Waals surface area contributed by atoms with Crippen LogP contribution in [-0.4, -0.2) is 0 Å². The van der Waals surface area contributed by atoms with Gasteiger partial charge in [-0.05, 0) is 127 Å². The van der Waals surface area contributed by atoms with Crippen molar-refractivity contribution in [2.45, 2.75) is 0 Å². The number of rotatable bonds is 11. The molecule has 2 nitrogen and oxygen atoms in total. The molecule has 0 aliphatic heterocycles. The number of anilines is 6. The van der Waals surface area contributed by atoms with Crippen LogP contribution in [0.5, 0.6) is 0 Å². The first-order valence-corrected chi connectivity index (χ1v) is 24.0. The summed E-state index contributed by atoms with van der Waals surface area (Å²) >= 11 is 0. The molecular formula is C68H48N2. The Bertz CT molecular complexity index is 3470. The fraction of sp³-hybridized carbons (Fsp3) is 0. The van der Waals surface area contributed by atoms with Crippen molar-refractivity contribution in [2.24, 2.45) is 0 Å². The monoisotopic (exact) mass is 892 g/mol. The van der Waals surface area contributed by atoms with E-state index >= 15 is 0 Å². The number of nitrogens with zero attached hydrogens (tertiary/aromatic N) is 2. The van der Waals surface area contributed by atoms with E-state index in [4.69, 9.17) is 0 Å². The van der Waals surface area contributed by atoms with Gasteiger partial charge >= 0.3 is 0 Å². The molecule has 0 spiro atoms. The maximum Gasteiger partial charge on any atom is 0.0540 e. The van der Waals surface area contributed by atoms with E-state index in [2.05, 4.69) is 301 Å². The first-order valence-electron chi connectivity index (χ1n) is 24.0. The molecule has 0 bridgehead atoms. The van der Waals surface area contributed by atoms with E-state index in [1.165, 1.54) is 66.1 Å². The SMILES string of the molecule is c1ccc(-c2ccc(-c3cccc(N(c4ccc(-c5ccc(N(c6cccc(-c7ccc(-c8ccccc8)cc7)c6)c6cccc7ccccc67)cc5)cc4)c4cccc5ccccc45)c3)cc2)cc1. The maximum absolute atomic E-state index is 2.39. The number of hydrogen-bond donors (Lipinski definition) is 0. The van der Waals surface area contributed by atoms with Gasteiger partial charge in [-0.2, -0.15) is 0 Å². The third kappa shape index (κ3) is 8.40. The quantitative estimate of drug-likeness (QED) is 0.128. The van der Waals surface area contributed by atoms with E-state index < -0.39 is 0 Å². The Morgan fingerprint density at radius 1 is 0.171 bits per heavy atom. The molecule has 0 aliphatic rings. The van der Waals surface area contributed by atoms with E-state index in [0.717, 1.165) is 45.3 Å². The smallest absolute Gasteiger partial charge is 0.0540 e. The van der Waals surface area contributed by atoms with Gasteiger partial charge in [-0.25, -0.2) is 0 Å². The van der Waals surface area contributed by atoms with Crippen LogP contribution >= 0.6 is 0 Å². The highest BCUT2D eigenvalue weighted by Gasteiger charge is 2.19. The van der Waals surface area contributed by atoms with Crippen LogP contribution in [0.2, 0.25) is 0 Å². The first-order chi connectivity index (χ1) is 34.7. The van der Waals surface area contributed by atoms with Gasteiger partial charge in [0.1, 0.15) is 0 Å². The van der Waals surface area contributed by atoms with Crippen molar-refractivity contribution in [3.63, 3.8) is 0 Å². The van der Waals surface area contributed by atoms with Crippen molar-refractivity contribution in [1.82, 2.24) is 0 Å². The molecular weight excluding hydrogens is 845 g/mol. The molecule has 0 fully saturated rings. The summed E-state index contributed by atoms with van der Waals surface area (Å²) in [4.78, 5) is 4.79. The van der Waals surface area contributed by atoms with Crippen LogP contribution in [0.15, 0.2) is 291 Å².